The van der Waals surface area contributed by atoms with E-state index >= 15 is 0 Å². The smallest absolute Gasteiger partial charge is 0.341 e. The molecule has 5 rings (SSSR count). The topological polar surface area (TPSA) is 60.3 Å². The second-order valence-corrected chi connectivity index (χ2v) is 8.74. The molecule has 4 aromatic rings. The van der Waals surface area contributed by atoms with E-state index in [9.17, 15) is 9.59 Å². The molecule has 0 bridgehead atoms. The number of benzene rings is 3. The summed E-state index contributed by atoms with van der Waals surface area (Å²) in [4.78, 5) is 26.8. The first-order chi connectivity index (χ1) is 16.1. The van der Waals surface area contributed by atoms with Crippen LogP contribution in [0.2, 0.25) is 0 Å². The maximum Gasteiger partial charge on any atom is 0.341 e. The summed E-state index contributed by atoms with van der Waals surface area (Å²) in [6.07, 6.45) is 2.00. The minimum Gasteiger partial charge on any atom is -0.464 e. The van der Waals surface area contributed by atoms with Crippen molar-refractivity contribution in [3.05, 3.63) is 101 Å². The Hall–Kier alpha value is -3.51. The maximum absolute atomic E-state index is 13.7. The van der Waals surface area contributed by atoms with E-state index in [4.69, 9.17) is 4.74 Å². The van der Waals surface area contributed by atoms with Crippen molar-refractivity contribution < 1.29 is 14.3 Å². The molecule has 1 atom stereocenters. The van der Waals surface area contributed by atoms with Crippen molar-refractivity contribution in [3.63, 3.8) is 0 Å². The third kappa shape index (κ3) is 3.25. The van der Waals surface area contributed by atoms with Crippen molar-refractivity contribution >= 4 is 34.5 Å². The number of rotatable bonds is 6. The van der Waals surface area contributed by atoms with E-state index in [-0.39, 0.29) is 12.5 Å². The standard InChI is InChI=1S/C27H24N2O3S/c1-3-32-26(31)27(21-15-9-7-13-19(21)24(30)28-27)23-20-14-8-10-16-22(20)29(25(23)33-2)17-18-11-5-4-6-12-18/h4-16H,3,17H2,1-2H3,(H,28,30). The summed E-state index contributed by atoms with van der Waals surface area (Å²) in [5.74, 6) is -0.744. The first-order valence-corrected chi connectivity index (χ1v) is 12.1. The van der Waals surface area contributed by atoms with Gasteiger partial charge in [0.2, 0.25) is 0 Å². The van der Waals surface area contributed by atoms with E-state index in [0.717, 1.165) is 27.1 Å². The molecule has 2 heterocycles. The summed E-state index contributed by atoms with van der Waals surface area (Å²) in [6.45, 7) is 2.64. The number of carbonyl (C=O) groups excluding carboxylic acids is 2. The number of aromatic nitrogens is 1. The quantitative estimate of drug-likeness (QED) is 0.329. The Morgan fingerprint density at radius 2 is 1.70 bits per heavy atom. The van der Waals surface area contributed by atoms with E-state index < -0.39 is 11.5 Å². The molecule has 6 heteroatoms. The van der Waals surface area contributed by atoms with Crippen LogP contribution < -0.4 is 5.32 Å². The monoisotopic (exact) mass is 456 g/mol. The number of nitrogens with one attached hydrogen (secondary N) is 1. The van der Waals surface area contributed by atoms with E-state index in [1.54, 1.807) is 24.8 Å². The first kappa shape index (κ1) is 21.3. The second kappa shape index (κ2) is 8.45. The Morgan fingerprint density at radius 1 is 1.00 bits per heavy atom. The molecule has 0 spiro atoms. The summed E-state index contributed by atoms with van der Waals surface area (Å²) in [5.41, 5.74) is 2.63. The van der Waals surface area contributed by atoms with Crippen LogP contribution in [0.1, 0.15) is 34.0 Å². The van der Waals surface area contributed by atoms with Crippen LogP contribution in [-0.2, 0) is 21.6 Å². The third-order valence-corrected chi connectivity index (χ3v) is 6.94. The normalized spacial score (nSPS) is 17.1. The number of carbonyl (C=O) groups is 2. The number of hydrogen-bond donors (Lipinski definition) is 1. The van der Waals surface area contributed by atoms with Crippen molar-refractivity contribution in [1.29, 1.82) is 0 Å². The van der Waals surface area contributed by atoms with E-state index in [0.29, 0.717) is 17.7 Å². The maximum atomic E-state index is 13.7. The summed E-state index contributed by atoms with van der Waals surface area (Å²) >= 11 is 1.57. The van der Waals surface area contributed by atoms with Gasteiger partial charge in [-0.05, 0) is 30.9 Å². The van der Waals surface area contributed by atoms with Crippen molar-refractivity contribution in [2.75, 3.05) is 12.9 Å². The van der Waals surface area contributed by atoms with Gasteiger partial charge in [0.1, 0.15) is 0 Å². The lowest BCUT2D eigenvalue weighted by Gasteiger charge is -2.29. The molecule has 0 aliphatic carbocycles. The molecule has 3 aromatic carbocycles. The zero-order chi connectivity index (χ0) is 23.0. The molecule has 1 amide bonds. The highest BCUT2D eigenvalue weighted by Crippen LogP contribution is 2.46. The molecule has 1 aliphatic heterocycles. The van der Waals surface area contributed by atoms with Crippen LogP contribution in [0, 0.1) is 0 Å². The predicted molar refractivity (Wildman–Crippen MR) is 131 cm³/mol. The highest BCUT2D eigenvalue weighted by atomic mass is 32.2. The molecular formula is C27H24N2O3S. The van der Waals surface area contributed by atoms with Crippen LogP contribution in [-0.4, -0.2) is 29.3 Å². The van der Waals surface area contributed by atoms with Gasteiger partial charge in [-0.2, -0.15) is 0 Å². The summed E-state index contributed by atoms with van der Waals surface area (Å²) < 4.78 is 7.81. The van der Waals surface area contributed by atoms with Crippen LogP contribution in [0.4, 0.5) is 0 Å². The average Bonchev–Trinajstić information content (AvgIpc) is 3.33. The van der Waals surface area contributed by atoms with Gasteiger partial charge in [-0.1, -0.05) is 66.7 Å². The van der Waals surface area contributed by atoms with Crippen molar-refractivity contribution in [1.82, 2.24) is 9.88 Å². The Morgan fingerprint density at radius 3 is 2.45 bits per heavy atom. The van der Waals surface area contributed by atoms with E-state index in [2.05, 4.69) is 28.1 Å². The number of nitrogens with zero attached hydrogens (tertiary/aromatic N) is 1. The average molecular weight is 457 g/mol. The van der Waals surface area contributed by atoms with Crippen molar-refractivity contribution in [3.8, 4) is 0 Å². The highest BCUT2D eigenvalue weighted by Gasteiger charge is 2.54. The molecule has 33 heavy (non-hydrogen) atoms. The molecule has 1 aliphatic rings. The van der Waals surface area contributed by atoms with Gasteiger partial charge in [-0.15, -0.1) is 11.8 Å². The minimum atomic E-state index is -1.41. The highest BCUT2D eigenvalue weighted by molar-refractivity contribution is 7.98. The summed E-state index contributed by atoms with van der Waals surface area (Å²) in [6, 6.07) is 25.5. The van der Waals surface area contributed by atoms with Crippen LogP contribution >= 0.6 is 11.8 Å². The summed E-state index contributed by atoms with van der Waals surface area (Å²) in [7, 11) is 0. The Bertz CT molecular complexity index is 1360. The summed E-state index contributed by atoms with van der Waals surface area (Å²) in [5, 5.41) is 4.88. The molecule has 166 valence electrons. The molecule has 1 N–H and O–H groups in total. The minimum absolute atomic E-state index is 0.218. The van der Waals surface area contributed by atoms with Gasteiger partial charge in [0.25, 0.3) is 5.91 Å². The van der Waals surface area contributed by atoms with Gasteiger partial charge < -0.3 is 14.6 Å². The second-order valence-electron chi connectivity index (χ2n) is 7.94. The van der Waals surface area contributed by atoms with Crippen LogP contribution in [0.5, 0.6) is 0 Å². The number of thioether (sulfide) groups is 1. The molecule has 1 aromatic heterocycles. The molecule has 0 radical (unpaired) electrons. The largest absolute Gasteiger partial charge is 0.464 e. The van der Waals surface area contributed by atoms with Crippen LogP contribution in [0.25, 0.3) is 10.9 Å². The van der Waals surface area contributed by atoms with Gasteiger partial charge >= 0.3 is 5.97 Å². The number of fused-ring (bicyclic) bond motifs is 2. The first-order valence-electron chi connectivity index (χ1n) is 10.9. The van der Waals surface area contributed by atoms with Gasteiger partial charge in [0, 0.05) is 34.1 Å². The SMILES string of the molecule is CCOC(=O)C1(c2c(SC)n(Cc3ccccc3)c3ccccc23)NC(=O)c2ccccc21. The number of ether oxygens (including phenoxy) is 1. The molecule has 0 saturated heterocycles. The Labute approximate surface area is 196 Å². The predicted octanol–water partition coefficient (Wildman–Crippen LogP) is 4.96. The molecule has 1 unspecified atom stereocenters. The molecule has 0 saturated carbocycles. The molecule has 5 nitrogen and oxygen atoms in total. The number of hydrogen-bond acceptors (Lipinski definition) is 4. The van der Waals surface area contributed by atoms with Gasteiger partial charge in [-0.3, -0.25) is 4.79 Å². The number of amides is 1. The van der Waals surface area contributed by atoms with Gasteiger partial charge in [0.05, 0.1) is 11.6 Å². The lowest BCUT2D eigenvalue weighted by molar-refractivity contribution is -0.149. The zero-order valence-corrected chi connectivity index (χ0v) is 19.3. The Balaban J connectivity index is 1.85. The van der Waals surface area contributed by atoms with Gasteiger partial charge in [-0.25, -0.2) is 4.79 Å². The lowest BCUT2D eigenvalue weighted by Crippen LogP contribution is -2.49. The van der Waals surface area contributed by atoms with Crippen molar-refractivity contribution in [2.24, 2.45) is 0 Å². The number of para-hydroxylation sites is 1. The fraction of sp³-hybridized carbons (Fsp3) is 0.185. The van der Waals surface area contributed by atoms with E-state index in [1.807, 2.05) is 60.9 Å². The zero-order valence-electron chi connectivity index (χ0n) is 18.5. The van der Waals surface area contributed by atoms with Gasteiger partial charge in [0.15, 0.2) is 5.54 Å². The Kier molecular flexibility index (Phi) is 5.46. The van der Waals surface area contributed by atoms with Crippen LogP contribution in [0.3, 0.4) is 0 Å². The fourth-order valence-corrected chi connectivity index (χ4v) is 5.64. The molecular weight excluding hydrogens is 432 g/mol. The van der Waals surface area contributed by atoms with E-state index in [1.165, 1.54) is 0 Å². The van der Waals surface area contributed by atoms with Crippen LogP contribution in [0.15, 0.2) is 83.9 Å². The lowest BCUT2D eigenvalue weighted by atomic mass is 9.83. The molecule has 0 fully saturated rings. The van der Waals surface area contributed by atoms with Crippen molar-refractivity contribution in [2.45, 2.75) is 24.0 Å². The number of esters is 1. The third-order valence-electron chi connectivity index (χ3n) is 6.13. The fourth-order valence-electron chi connectivity index (χ4n) is 4.79.